The fraction of sp³-hybridized carbons (Fsp3) is 1.00. The highest BCUT2D eigenvalue weighted by atomic mass is 32.2. The van der Waals surface area contributed by atoms with Crippen LogP contribution in [0.15, 0.2) is 0 Å². The molecule has 0 atom stereocenters. The molecule has 0 aliphatic rings. The quantitative estimate of drug-likeness (QED) is 0.740. The van der Waals surface area contributed by atoms with Gasteiger partial charge in [-0.2, -0.15) is 17.5 Å². The summed E-state index contributed by atoms with van der Waals surface area (Å²) in [4.78, 5) is 0. The number of hydrogen-bond donors (Lipinski definition) is 1. The van der Waals surface area contributed by atoms with Crippen LogP contribution in [0.25, 0.3) is 0 Å². The fourth-order valence-corrected chi connectivity index (χ4v) is 1.88. The summed E-state index contributed by atoms with van der Waals surface area (Å²) in [6.07, 6.45) is -4.59. The van der Waals surface area contributed by atoms with Gasteiger partial charge < -0.3 is 5.11 Å². The SMILES string of the molecule is CCS(=O)(=O)N(CCO)CC(F)(F)F. The molecule has 0 radical (unpaired) electrons. The Morgan fingerprint density at radius 1 is 1.36 bits per heavy atom. The second-order valence-electron chi connectivity index (χ2n) is 2.57. The van der Waals surface area contributed by atoms with Crippen molar-refractivity contribution in [1.82, 2.24) is 4.31 Å². The average molecular weight is 235 g/mol. The molecule has 0 aromatic heterocycles. The Kier molecular flexibility index (Phi) is 4.82. The number of halogens is 3. The van der Waals surface area contributed by atoms with Crippen molar-refractivity contribution >= 4 is 10.0 Å². The van der Waals surface area contributed by atoms with Gasteiger partial charge in [-0.15, -0.1) is 0 Å². The molecular weight excluding hydrogens is 223 g/mol. The average Bonchev–Trinajstić information content (AvgIpc) is 2.01. The first kappa shape index (κ1) is 13.7. The summed E-state index contributed by atoms with van der Waals surface area (Å²) in [6.45, 7) is -1.47. The van der Waals surface area contributed by atoms with Crippen LogP contribution in [0, 0.1) is 0 Å². The van der Waals surface area contributed by atoms with Gasteiger partial charge in [0.2, 0.25) is 10.0 Å². The number of alkyl halides is 3. The summed E-state index contributed by atoms with van der Waals surface area (Å²) >= 11 is 0. The van der Waals surface area contributed by atoms with Gasteiger partial charge in [0.1, 0.15) is 6.54 Å². The minimum absolute atomic E-state index is 0.229. The molecule has 0 unspecified atom stereocenters. The van der Waals surface area contributed by atoms with Crippen molar-refractivity contribution in [2.75, 3.05) is 25.4 Å². The van der Waals surface area contributed by atoms with Crippen LogP contribution >= 0.6 is 0 Å². The zero-order valence-electron chi connectivity index (χ0n) is 7.58. The molecule has 0 saturated carbocycles. The summed E-state index contributed by atoms with van der Waals surface area (Å²) in [5, 5.41) is 8.42. The molecule has 0 aliphatic heterocycles. The van der Waals surface area contributed by atoms with Crippen LogP contribution in [0.2, 0.25) is 0 Å². The number of hydrogen-bond acceptors (Lipinski definition) is 3. The summed E-state index contributed by atoms with van der Waals surface area (Å²) in [6, 6.07) is 0. The normalized spacial score (nSPS) is 13.6. The van der Waals surface area contributed by atoms with Crippen LogP contribution in [0.3, 0.4) is 0 Å². The minimum Gasteiger partial charge on any atom is -0.395 e. The molecule has 0 aromatic rings. The molecule has 0 fully saturated rings. The van der Waals surface area contributed by atoms with Crippen LogP contribution in [0.4, 0.5) is 13.2 Å². The van der Waals surface area contributed by atoms with E-state index in [0.717, 1.165) is 0 Å². The van der Waals surface area contributed by atoms with Crippen molar-refractivity contribution < 1.29 is 26.7 Å². The third-order valence-electron chi connectivity index (χ3n) is 1.46. The summed E-state index contributed by atoms with van der Waals surface area (Å²) < 4.78 is 58.1. The lowest BCUT2D eigenvalue weighted by Crippen LogP contribution is -2.41. The maximum Gasteiger partial charge on any atom is 0.402 e. The lowest BCUT2D eigenvalue weighted by Gasteiger charge is -2.21. The Morgan fingerprint density at radius 3 is 2.14 bits per heavy atom. The minimum atomic E-state index is -4.59. The lowest BCUT2D eigenvalue weighted by molar-refractivity contribution is -0.136. The summed E-state index contributed by atoms with van der Waals surface area (Å²) in [5.41, 5.74) is 0. The van der Waals surface area contributed by atoms with Crippen molar-refractivity contribution in [2.45, 2.75) is 13.1 Å². The van der Waals surface area contributed by atoms with Gasteiger partial charge in [0.15, 0.2) is 0 Å². The molecule has 0 saturated heterocycles. The molecule has 0 rings (SSSR count). The molecule has 14 heavy (non-hydrogen) atoms. The van der Waals surface area contributed by atoms with Crippen LogP contribution in [-0.4, -0.2) is 49.5 Å². The van der Waals surface area contributed by atoms with E-state index in [1.165, 1.54) is 6.92 Å². The van der Waals surface area contributed by atoms with Crippen molar-refractivity contribution in [3.63, 3.8) is 0 Å². The molecular formula is C6H12F3NO3S. The molecule has 0 aromatic carbocycles. The zero-order chi connectivity index (χ0) is 11.4. The Hall–Kier alpha value is -0.340. The highest BCUT2D eigenvalue weighted by Gasteiger charge is 2.35. The van der Waals surface area contributed by atoms with Crippen LogP contribution < -0.4 is 0 Å². The van der Waals surface area contributed by atoms with E-state index in [1.54, 1.807) is 0 Å². The first-order valence-electron chi connectivity index (χ1n) is 3.88. The highest BCUT2D eigenvalue weighted by molar-refractivity contribution is 7.89. The Labute approximate surface area is 80.4 Å². The molecule has 0 spiro atoms. The number of nitrogens with zero attached hydrogens (tertiary/aromatic N) is 1. The van der Waals surface area contributed by atoms with Gasteiger partial charge in [-0.1, -0.05) is 0 Å². The first-order valence-corrected chi connectivity index (χ1v) is 5.49. The number of sulfonamides is 1. The zero-order valence-corrected chi connectivity index (χ0v) is 8.40. The molecule has 1 N–H and O–H groups in total. The Bertz CT molecular complexity index is 262. The number of aliphatic hydroxyl groups is 1. The fourth-order valence-electron chi connectivity index (χ4n) is 0.811. The largest absolute Gasteiger partial charge is 0.402 e. The van der Waals surface area contributed by atoms with E-state index in [9.17, 15) is 21.6 Å². The van der Waals surface area contributed by atoms with E-state index in [4.69, 9.17) is 5.11 Å². The lowest BCUT2D eigenvalue weighted by atomic mass is 10.6. The monoisotopic (exact) mass is 235 g/mol. The summed E-state index contributed by atoms with van der Waals surface area (Å²) in [5.74, 6) is -0.414. The predicted molar refractivity (Wildman–Crippen MR) is 44.2 cm³/mol. The molecule has 0 amide bonds. The standard InChI is InChI=1S/C6H12F3NO3S/c1-2-14(12,13)10(3-4-11)5-6(7,8)9/h11H,2-5H2,1H3. The van der Waals surface area contributed by atoms with Gasteiger partial charge in [-0.05, 0) is 6.92 Å². The topological polar surface area (TPSA) is 57.6 Å². The van der Waals surface area contributed by atoms with Crippen LogP contribution in [-0.2, 0) is 10.0 Å². The molecule has 8 heteroatoms. The smallest absolute Gasteiger partial charge is 0.395 e. The first-order chi connectivity index (χ1) is 6.23. The molecule has 0 bridgehead atoms. The van der Waals surface area contributed by atoms with E-state index in [-0.39, 0.29) is 4.31 Å². The van der Waals surface area contributed by atoms with Crippen molar-refractivity contribution in [3.8, 4) is 0 Å². The van der Waals surface area contributed by atoms with Gasteiger partial charge in [0.25, 0.3) is 0 Å². The second kappa shape index (κ2) is 4.94. The van der Waals surface area contributed by atoms with Gasteiger partial charge >= 0.3 is 6.18 Å². The van der Waals surface area contributed by atoms with Gasteiger partial charge in [-0.3, -0.25) is 0 Å². The summed E-state index contributed by atoms with van der Waals surface area (Å²) in [7, 11) is -3.90. The van der Waals surface area contributed by atoms with E-state index < -0.39 is 41.6 Å². The maximum absolute atomic E-state index is 11.9. The van der Waals surface area contributed by atoms with E-state index >= 15 is 0 Å². The van der Waals surface area contributed by atoms with E-state index in [2.05, 4.69) is 0 Å². The van der Waals surface area contributed by atoms with E-state index in [0.29, 0.717) is 0 Å². The maximum atomic E-state index is 11.9. The second-order valence-corrected chi connectivity index (χ2v) is 4.83. The van der Waals surface area contributed by atoms with E-state index in [1.807, 2.05) is 0 Å². The third kappa shape index (κ3) is 4.77. The predicted octanol–water partition coefficient (Wildman–Crippen LogP) is 0.193. The van der Waals surface area contributed by atoms with Crippen molar-refractivity contribution in [1.29, 1.82) is 0 Å². The molecule has 0 heterocycles. The number of rotatable bonds is 5. The highest BCUT2D eigenvalue weighted by Crippen LogP contribution is 2.18. The van der Waals surface area contributed by atoms with Crippen molar-refractivity contribution in [2.24, 2.45) is 0 Å². The number of aliphatic hydroxyl groups excluding tert-OH is 1. The molecule has 86 valence electrons. The van der Waals surface area contributed by atoms with Gasteiger partial charge in [0.05, 0.1) is 12.4 Å². The van der Waals surface area contributed by atoms with Gasteiger partial charge in [-0.25, -0.2) is 8.42 Å². The van der Waals surface area contributed by atoms with Crippen LogP contribution in [0.5, 0.6) is 0 Å². The Balaban J connectivity index is 4.62. The van der Waals surface area contributed by atoms with Gasteiger partial charge in [0, 0.05) is 6.54 Å². The molecule has 0 aliphatic carbocycles. The Morgan fingerprint density at radius 2 is 1.86 bits per heavy atom. The third-order valence-corrected chi connectivity index (χ3v) is 3.29. The van der Waals surface area contributed by atoms with Crippen LogP contribution in [0.1, 0.15) is 6.92 Å². The molecule has 4 nitrogen and oxygen atoms in total. The van der Waals surface area contributed by atoms with Crippen molar-refractivity contribution in [3.05, 3.63) is 0 Å².